The van der Waals surface area contributed by atoms with Crippen LogP contribution in [0.4, 0.5) is 0 Å². The van der Waals surface area contributed by atoms with Crippen molar-refractivity contribution >= 4 is 0 Å². The summed E-state index contributed by atoms with van der Waals surface area (Å²) in [6.45, 7) is 0. The Labute approximate surface area is 111 Å². The molecule has 0 aliphatic carbocycles. The van der Waals surface area contributed by atoms with Crippen molar-refractivity contribution in [2.75, 3.05) is 0 Å². The molecule has 2 aromatic rings. The fourth-order valence-electron chi connectivity index (χ4n) is 1.13. The normalized spacial score (nSPS) is 9.07. The molecule has 0 atom stereocenters. The number of rotatable bonds is 2. The quantitative estimate of drug-likeness (QED) is 0.626. The van der Waals surface area contributed by atoms with Gasteiger partial charge in [-0.3, -0.25) is 0 Å². The molecule has 3 heteroatoms. The minimum Gasteiger partial charge on any atom is -0.872 e. The molecular formula is C12H9NaO2. The van der Waals surface area contributed by atoms with Gasteiger partial charge in [0, 0.05) is 0 Å². The van der Waals surface area contributed by atoms with E-state index in [4.69, 9.17) is 4.74 Å². The molecule has 0 bridgehead atoms. The Balaban J connectivity index is 0.00000112. The monoisotopic (exact) mass is 208 g/mol. The van der Waals surface area contributed by atoms with Gasteiger partial charge in [-0.2, -0.15) is 0 Å². The third-order valence-corrected chi connectivity index (χ3v) is 1.80. The number of hydrogen-bond donors (Lipinski definition) is 0. The molecule has 0 heterocycles. The Kier molecular flexibility index (Phi) is 4.69. The van der Waals surface area contributed by atoms with Gasteiger partial charge in [-0.05, 0) is 24.3 Å². The van der Waals surface area contributed by atoms with Gasteiger partial charge in [0.1, 0.15) is 11.5 Å². The van der Waals surface area contributed by atoms with E-state index in [1.165, 1.54) is 12.1 Å². The van der Waals surface area contributed by atoms with Crippen LogP contribution in [0.25, 0.3) is 0 Å². The van der Waals surface area contributed by atoms with E-state index in [2.05, 4.69) is 0 Å². The smallest absolute Gasteiger partial charge is 0.872 e. The first-order valence-corrected chi connectivity index (χ1v) is 4.34. The van der Waals surface area contributed by atoms with Crippen molar-refractivity contribution < 1.29 is 39.4 Å². The first-order chi connectivity index (χ1) is 6.84. The summed E-state index contributed by atoms with van der Waals surface area (Å²) in [7, 11) is 0. The van der Waals surface area contributed by atoms with E-state index in [9.17, 15) is 5.11 Å². The zero-order chi connectivity index (χ0) is 9.80. The van der Waals surface area contributed by atoms with Crippen molar-refractivity contribution in [1.29, 1.82) is 0 Å². The largest absolute Gasteiger partial charge is 1.00 e. The third kappa shape index (κ3) is 3.59. The van der Waals surface area contributed by atoms with Gasteiger partial charge < -0.3 is 9.84 Å². The second kappa shape index (κ2) is 5.81. The van der Waals surface area contributed by atoms with E-state index in [0.29, 0.717) is 5.75 Å². The molecule has 70 valence electrons. The van der Waals surface area contributed by atoms with E-state index in [-0.39, 0.29) is 35.3 Å². The molecule has 0 aromatic heterocycles. The van der Waals surface area contributed by atoms with Crippen LogP contribution in [0.5, 0.6) is 17.2 Å². The number of ether oxygens (including phenoxy) is 1. The second-order valence-corrected chi connectivity index (χ2v) is 2.89. The van der Waals surface area contributed by atoms with Crippen LogP contribution in [0.1, 0.15) is 0 Å². The van der Waals surface area contributed by atoms with Gasteiger partial charge in [0.25, 0.3) is 0 Å². The molecule has 0 spiro atoms. The Hall–Kier alpha value is -0.960. The van der Waals surface area contributed by atoms with Gasteiger partial charge >= 0.3 is 29.6 Å². The SMILES string of the molecule is [Na+].[O-]c1ccc(Oc2ccccc2)cc1. The molecule has 0 saturated heterocycles. The van der Waals surface area contributed by atoms with E-state index in [1.54, 1.807) is 12.1 Å². The number of benzene rings is 2. The summed E-state index contributed by atoms with van der Waals surface area (Å²) in [6, 6.07) is 15.7. The molecule has 2 nitrogen and oxygen atoms in total. The molecule has 15 heavy (non-hydrogen) atoms. The van der Waals surface area contributed by atoms with Crippen LogP contribution < -0.4 is 39.4 Å². The summed E-state index contributed by atoms with van der Waals surface area (Å²) in [5.41, 5.74) is 0. The van der Waals surface area contributed by atoms with Gasteiger partial charge in [-0.15, -0.1) is 5.75 Å². The van der Waals surface area contributed by atoms with Crippen molar-refractivity contribution in [2.24, 2.45) is 0 Å². The molecule has 2 rings (SSSR count). The Morgan fingerprint density at radius 2 is 1.27 bits per heavy atom. The molecule has 0 N–H and O–H groups in total. The molecule has 2 aromatic carbocycles. The van der Waals surface area contributed by atoms with Crippen molar-refractivity contribution in [3.8, 4) is 17.2 Å². The van der Waals surface area contributed by atoms with Gasteiger partial charge in [-0.25, -0.2) is 0 Å². The van der Waals surface area contributed by atoms with E-state index in [1.807, 2.05) is 30.3 Å². The van der Waals surface area contributed by atoms with Gasteiger partial charge in [0.15, 0.2) is 0 Å². The van der Waals surface area contributed by atoms with Crippen molar-refractivity contribution in [3.63, 3.8) is 0 Å². The maximum atomic E-state index is 10.8. The zero-order valence-electron chi connectivity index (χ0n) is 8.51. The summed E-state index contributed by atoms with van der Waals surface area (Å²) in [5.74, 6) is 1.44. The summed E-state index contributed by atoms with van der Waals surface area (Å²) in [6.07, 6.45) is 0. The van der Waals surface area contributed by atoms with Gasteiger partial charge in [0.2, 0.25) is 0 Å². The first-order valence-electron chi connectivity index (χ1n) is 4.34. The Bertz CT molecular complexity index is 398. The predicted molar refractivity (Wildman–Crippen MR) is 52.4 cm³/mol. The summed E-state index contributed by atoms with van der Waals surface area (Å²) in [4.78, 5) is 0. The zero-order valence-corrected chi connectivity index (χ0v) is 10.5. The van der Waals surface area contributed by atoms with Crippen molar-refractivity contribution in [1.82, 2.24) is 0 Å². The first kappa shape index (κ1) is 12.1. The standard InChI is InChI=1S/C12H10O2.Na/c13-10-6-8-12(9-7-10)14-11-4-2-1-3-5-11;/h1-9,13H;/q;+1/p-1. The van der Waals surface area contributed by atoms with Crippen LogP contribution in [0.15, 0.2) is 54.6 Å². The molecule has 0 fully saturated rings. The van der Waals surface area contributed by atoms with Crippen molar-refractivity contribution in [2.45, 2.75) is 0 Å². The minimum absolute atomic E-state index is 0. The Morgan fingerprint density at radius 3 is 1.87 bits per heavy atom. The average molecular weight is 208 g/mol. The minimum atomic E-state index is -0.00888. The van der Waals surface area contributed by atoms with Crippen LogP contribution in [-0.4, -0.2) is 0 Å². The summed E-state index contributed by atoms with van der Waals surface area (Å²) in [5, 5.41) is 10.8. The Morgan fingerprint density at radius 1 is 0.733 bits per heavy atom. The van der Waals surface area contributed by atoms with Gasteiger partial charge in [0.05, 0.1) is 0 Å². The third-order valence-electron chi connectivity index (χ3n) is 1.80. The second-order valence-electron chi connectivity index (χ2n) is 2.89. The average Bonchev–Trinajstić information content (AvgIpc) is 2.23. The van der Waals surface area contributed by atoms with E-state index < -0.39 is 0 Å². The van der Waals surface area contributed by atoms with Crippen LogP contribution >= 0.6 is 0 Å². The molecule has 0 radical (unpaired) electrons. The molecule has 0 amide bonds. The molecule has 0 aliphatic heterocycles. The van der Waals surface area contributed by atoms with Crippen LogP contribution in [-0.2, 0) is 0 Å². The van der Waals surface area contributed by atoms with Crippen LogP contribution in [0, 0.1) is 0 Å². The maximum Gasteiger partial charge on any atom is 1.00 e. The summed E-state index contributed by atoms with van der Waals surface area (Å²) < 4.78 is 5.49. The van der Waals surface area contributed by atoms with Crippen molar-refractivity contribution in [3.05, 3.63) is 54.6 Å². The van der Waals surface area contributed by atoms with E-state index in [0.717, 1.165) is 5.75 Å². The summed E-state index contributed by atoms with van der Waals surface area (Å²) >= 11 is 0. The maximum absolute atomic E-state index is 10.8. The molecule has 0 aliphatic rings. The van der Waals surface area contributed by atoms with E-state index >= 15 is 0 Å². The van der Waals surface area contributed by atoms with Crippen LogP contribution in [0.3, 0.4) is 0 Å². The predicted octanol–water partition coefficient (Wildman–Crippen LogP) is -0.444. The number of hydrogen-bond acceptors (Lipinski definition) is 2. The number of para-hydroxylation sites is 1. The fraction of sp³-hybridized carbons (Fsp3) is 0. The molecule has 0 unspecified atom stereocenters. The topological polar surface area (TPSA) is 32.3 Å². The van der Waals surface area contributed by atoms with Gasteiger partial charge in [-0.1, -0.05) is 30.3 Å². The fourth-order valence-corrected chi connectivity index (χ4v) is 1.13. The molecule has 0 saturated carbocycles. The van der Waals surface area contributed by atoms with Crippen LogP contribution in [0.2, 0.25) is 0 Å². The molecular weight excluding hydrogens is 199 g/mol.